The third-order valence-corrected chi connectivity index (χ3v) is 3.08. The van der Waals surface area contributed by atoms with Crippen molar-refractivity contribution in [2.45, 2.75) is 25.8 Å². The summed E-state index contributed by atoms with van der Waals surface area (Å²) in [5.41, 5.74) is 1.56. The number of hydrogen-bond acceptors (Lipinski definition) is 3. The first kappa shape index (κ1) is 10.5. The van der Waals surface area contributed by atoms with Crippen LogP contribution in [0.5, 0.6) is 0 Å². The minimum atomic E-state index is -1.38. The van der Waals surface area contributed by atoms with E-state index in [9.17, 15) is 10.0 Å². The summed E-state index contributed by atoms with van der Waals surface area (Å²) < 4.78 is 0. The Morgan fingerprint density at radius 1 is 1.33 bits per heavy atom. The van der Waals surface area contributed by atoms with Crippen LogP contribution in [0.25, 0.3) is 0 Å². The molecule has 0 bridgehead atoms. The summed E-state index contributed by atoms with van der Waals surface area (Å²) in [6.07, 6.45) is 2.35. The lowest BCUT2D eigenvalue weighted by Gasteiger charge is -2.26. The zero-order valence-electron chi connectivity index (χ0n) is 8.93. The molecule has 0 radical (unpaired) electrons. The van der Waals surface area contributed by atoms with Crippen molar-refractivity contribution in [1.82, 2.24) is 0 Å². The van der Waals surface area contributed by atoms with Gasteiger partial charge in [-0.3, -0.25) is 0 Å². The largest absolute Gasteiger partial charge is 0.490 e. The van der Waals surface area contributed by atoms with Gasteiger partial charge in [0.2, 0.25) is 0 Å². The molecule has 1 atom stereocenters. The number of benzene rings is 1. The zero-order valence-corrected chi connectivity index (χ0v) is 8.93. The van der Waals surface area contributed by atoms with Crippen molar-refractivity contribution in [1.29, 1.82) is 0 Å². The first-order valence-electron chi connectivity index (χ1n) is 5.42. The van der Waals surface area contributed by atoms with Crippen LogP contribution in [0, 0.1) is 0 Å². The smallest absolute Gasteiger partial charge is 0.423 e. The molecule has 1 aromatic carbocycles. The summed E-state index contributed by atoms with van der Waals surface area (Å²) in [5, 5.41) is 18.6. The molecular formula is C11H16BNO2. The minimum Gasteiger partial charge on any atom is -0.423 e. The Kier molecular flexibility index (Phi) is 2.98. The maximum absolute atomic E-state index is 9.28. The van der Waals surface area contributed by atoms with Gasteiger partial charge in [0.05, 0.1) is 0 Å². The van der Waals surface area contributed by atoms with E-state index in [1.165, 1.54) is 12.8 Å². The van der Waals surface area contributed by atoms with E-state index in [-0.39, 0.29) is 0 Å². The predicted octanol–water partition coefficient (Wildman–Crippen LogP) is 0.355. The Morgan fingerprint density at radius 3 is 2.67 bits per heavy atom. The van der Waals surface area contributed by atoms with Crippen molar-refractivity contribution in [2.75, 3.05) is 11.4 Å². The highest BCUT2D eigenvalue weighted by Crippen LogP contribution is 2.23. The van der Waals surface area contributed by atoms with E-state index in [0.717, 1.165) is 12.2 Å². The molecule has 2 rings (SSSR count). The topological polar surface area (TPSA) is 43.7 Å². The first-order chi connectivity index (χ1) is 7.20. The van der Waals surface area contributed by atoms with Crippen LogP contribution in [0.1, 0.15) is 19.8 Å². The number of anilines is 1. The summed E-state index contributed by atoms with van der Waals surface area (Å²) in [7, 11) is -1.38. The standard InChI is InChI=1S/C11H16BNO2/c1-9-5-4-8-13(9)11-7-3-2-6-10(11)12(14)15/h2-3,6-7,9,14-15H,4-5,8H2,1H3. The molecule has 1 heterocycles. The van der Waals surface area contributed by atoms with Crippen LogP contribution >= 0.6 is 0 Å². The third-order valence-electron chi connectivity index (χ3n) is 3.08. The molecule has 1 aliphatic heterocycles. The van der Waals surface area contributed by atoms with E-state index in [1.807, 2.05) is 18.2 Å². The van der Waals surface area contributed by atoms with E-state index >= 15 is 0 Å². The molecule has 1 fully saturated rings. The van der Waals surface area contributed by atoms with Gasteiger partial charge >= 0.3 is 7.12 Å². The van der Waals surface area contributed by atoms with Gasteiger partial charge in [-0.05, 0) is 25.8 Å². The van der Waals surface area contributed by atoms with Gasteiger partial charge in [0.25, 0.3) is 0 Å². The molecule has 0 aliphatic carbocycles. The Morgan fingerprint density at radius 2 is 2.07 bits per heavy atom. The second-order valence-corrected chi connectivity index (χ2v) is 4.12. The van der Waals surface area contributed by atoms with Crippen LogP contribution in [0.3, 0.4) is 0 Å². The Hall–Kier alpha value is -0.995. The Balaban J connectivity index is 2.34. The Bertz CT molecular complexity index is 343. The SMILES string of the molecule is CC1CCCN1c1ccccc1B(O)O. The number of rotatable bonds is 2. The lowest BCUT2D eigenvalue weighted by atomic mass is 9.78. The molecule has 15 heavy (non-hydrogen) atoms. The van der Waals surface area contributed by atoms with E-state index in [4.69, 9.17) is 0 Å². The molecule has 80 valence electrons. The van der Waals surface area contributed by atoms with Crippen LogP contribution in [0.4, 0.5) is 5.69 Å². The van der Waals surface area contributed by atoms with Crippen molar-refractivity contribution in [2.24, 2.45) is 0 Å². The highest BCUT2D eigenvalue weighted by atomic mass is 16.4. The lowest BCUT2D eigenvalue weighted by Crippen LogP contribution is -2.38. The molecule has 0 aromatic heterocycles. The van der Waals surface area contributed by atoms with Crippen LogP contribution < -0.4 is 10.4 Å². The summed E-state index contributed by atoms with van der Waals surface area (Å²) in [5.74, 6) is 0. The highest BCUT2D eigenvalue weighted by Gasteiger charge is 2.25. The molecule has 0 saturated carbocycles. The molecule has 2 N–H and O–H groups in total. The minimum absolute atomic E-state index is 0.491. The average Bonchev–Trinajstić information content (AvgIpc) is 2.64. The van der Waals surface area contributed by atoms with Crippen molar-refractivity contribution >= 4 is 18.3 Å². The van der Waals surface area contributed by atoms with Gasteiger partial charge in [0.1, 0.15) is 0 Å². The highest BCUT2D eigenvalue weighted by molar-refractivity contribution is 6.60. The van der Waals surface area contributed by atoms with Crippen LogP contribution in [0.2, 0.25) is 0 Å². The number of hydrogen-bond donors (Lipinski definition) is 2. The first-order valence-corrected chi connectivity index (χ1v) is 5.42. The molecule has 1 aliphatic rings. The molecule has 0 spiro atoms. The van der Waals surface area contributed by atoms with Gasteiger partial charge in [0.15, 0.2) is 0 Å². The second-order valence-electron chi connectivity index (χ2n) is 4.12. The van der Waals surface area contributed by atoms with Gasteiger partial charge in [-0.1, -0.05) is 18.2 Å². The molecule has 1 unspecified atom stereocenters. The van der Waals surface area contributed by atoms with Gasteiger partial charge < -0.3 is 14.9 Å². The van der Waals surface area contributed by atoms with Gasteiger partial charge in [-0.2, -0.15) is 0 Å². The summed E-state index contributed by atoms with van der Waals surface area (Å²) in [4.78, 5) is 2.24. The molecular weight excluding hydrogens is 189 g/mol. The fourth-order valence-electron chi connectivity index (χ4n) is 2.26. The van der Waals surface area contributed by atoms with Gasteiger partial charge in [0, 0.05) is 23.7 Å². The average molecular weight is 205 g/mol. The van der Waals surface area contributed by atoms with Crippen LogP contribution in [0.15, 0.2) is 24.3 Å². The van der Waals surface area contributed by atoms with Crippen molar-refractivity contribution < 1.29 is 10.0 Å². The summed E-state index contributed by atoms with van der Waals surface area (Å²) >= 11 is 0. The Labute approximate surface area is 90.5 Å². The van der Waals surface area contributed by atoms with Gasteiger partial charge in [-0.15, -0.1) is 0 Å². The summed E-state index contributed by atoms with van der Waals surface area (Å²) in [6.45, 7) is 3.18. The maximum Gasteiger partial charge on any atom is 0.490 e. The fraction of sp³-hybridized carbons (Fsp3) is 0.455. The molecule has 0 amide bonds. The monoisotopic (exact) mass is 205 g/mol. The quantitative estimate of drug-likeness (QED) is 0.685. The second kappa shape index (κ2) is 4.25. The number of para-hydroxylation sites is 1. The molecule has 1 saturated heterocycles. The van der Waals surface area contributed by atoms with E-state index in [2.05, 4.69) is 11.8 Å². The van der Waals surface area contributed by atoms with E-state index in [0.29, 0.717) is 11.5 Å². The predicted molar refractivity (Wildman–Crippen MR) is 62.3 cm³/mol. The van der Waals surface area contributed by atoms with Gasteiger partial charge in [-0.25, -0.2) is 0 Å². The normalized spacial score (nSPS) is 20.7. The van der Waals surface area contributed by atoms with Crippen molar-refractivity contribution in [3.8, 4) is 0 Å². The maximum atomic E-state index is 9.28. The zero-order chi connectivity index (χ0) is 10.8. The lowest BCUT2D eigenvalue weighted by molar-refractivity contribution is 0.425. The molecule has 3 nitrogen and oxygen atoms in total. The van der Waals surface area contributed by atoms with Crippen molar-refractivity contribution in [3.63, 3.8) is 0 Å². The molecule has 1 aromatic rings. The third kappa shape index (κ3) is 2.01. The van der Waals surface area contributed by atoms with E-state index in [1.54, 1.807) is 6.07 Å². The van der Waals surface area contributed by atoms with Crippen LogP contribution in [-0.4, -0.2) is 29.8 Å². The van der Waals surface area contributed by atoms with E-state index < -0.39 is 7.12 Å². The number of nitrogens with zero attached hydrogens (tertiary/aromatic N) is 1. The molecule has 4 heteroatoms. The summed E-state index contributed by atoms with van der Waals surface area (Å²) in [6, 6.07) is 7.98. The van der Waals surface area contributed by atoms with Crippen molar-refractivity contribution in [3.05, 3.63) is 24.3 Å². The fourth-order valence-corrected chi connectivity index (χ4v) is 2.26. The van der Waals surface area contributed by atoms with Crippen LogP contribution in [-0.2, 0) is 0 Å².